The van der Waals surface area contributed by atoms with E-state index in [9.17, 15) is 18.3 Å². The highest BCUT2D eigenvalue weighted by molar-refractivity contribution is 5.29. The highest BCUT2D eigenvalue weighted by Gasteiger charge is 2.23. The maximum Gasteiger partial charge on any atom is 0.457 e. The number of benzene rings is 1. The van der Waals surface area contributed by atoms with Crippen LogP contribution in [0.4, 0.5) is 13.2 Å². The van der Waals surface area contributed by atoms with Crippen LogP contribution < -0.4 is 0 Å². The van der Waals surface area contributed by atoms with Crippen LogP contribution in [0.15, 0.2) is 24.3 Å². The van der Waals surface area contributed by atoms with Crippen LogP contribution in [0.3, 0.4) is 0 Å². The Morgan fingerprint density at radius 1 is 1.33 bits per heavy atom. The smallest absolute Gasteiger partial charge is 0.376 e. The second-order valence-corrected chi connectivity index (χ2v) is 3.08. The summed E-state index contributed by atoms with van der Waals surface area (Å²) in [5.74, 6) is 2.79. The van der Waals surface area contributed by atoms with Gasteiger partial charge in [-0.1, -0.05) is 35.7 Å². The van der Waals surface area contributed by atoms with Crippen molar-refractivity contribution in [3.8, 4) is 11.8 Å². The molecule has 15 heavy (non-hydrogen) atoms. The average Bonchev–Trinajstić information content (AvgIpc) is 2.13. The fourth-order valence-corrected chi connectivity index (χ4v) is 1.07. The summed E-state index contributed by atoms with van der Waals surface area (Å²) >= 11 is 0. The van der Waals surface area contributed by atoms with Crippen molar-refractivity contribution in [2.75, 3.05) is 0 Å². The molecule has 0 bridgehead atoms. The van der Waals surface area contributed by atoms with Crippen LogP contribution in [0, 0.1) is 18.8 Å². The molecule has 0 saturated carbocycles. The molecule has 1 unspecified atom stereocenters. The molecule has 1 aromatic rings. The molecule has 0 aliphatic heterocycles. The molecule has 0 radical (unpaired) electrons. The fraction of sp³-hybridized carbons (Fsp3) is 0.273. The SMILES string of the molecule is Cc1cccc(C(O)C#CC(F)(F)F)c1. The highest BCUT2D eigenvalue weighted by atomic mass is 19.4. The molecule has 0 aromatic heterocycles. The molecule has 1 N–H and O–H groups in total. The number of hydrogen-bond donors (Lipinski definition) is 1. The molecule has 4 heteroatoms. The Kier molecular flexibility index (Phi) is 3.38. The summed E-state index contributed by atoms with van der Waals surface area (Å²) < 4.78 is 35.2. The monoisotopic (exact) mass is 214 g/mol. The third-order valence-corrected chi connectivity index (χ3v) is 1.71. The molecule has 0 heterocycles. The average molecular weight is 214 g/mol. The van der Waals surface area contributed by atoms with E-state index < -0.39 is 12.3 Å². The molecular formula is C11H9F3O. The normalized spacial score (nSPS) is 12.9. The van der Waals surface area contributed by atoms with Crippen molar-refractivity contribution in [2.24, 2.45) is 0 Å². The lowest BCUT2D eigenvalue weighted by molar-refractivity contribution is -0.0700. The molecule has 0 amide bonds. The van der Waals surface area contributed by atoms with Crippen molar-refractivity contribution in [1.82, 2.24) is 0 Å². The van der Waals surface area contributed by atoms with Crippen molar-refractivity contribution in [2.45, 2.75) is 19.2 Å². The number of hydrogen-bond acceptors (Lipinski definition) is 1. The van der Waals surface area contributed by atoms with Crippen molar-refractivity contribution in [3.05, 3.63) is 35.4 Å². The molecule has 1 rings (SSSR count). The number of rotatable bonds is 1. The predicted octanol–water partition coefficient (Wildman–Crippen LogP) is 2.59. The zero-order chi connectivity index (χ0) is 11.5. The predicted molar refractivity (Wildman–Crippen MR) is 50.0 cm³/mol. The topological polar surface area (TPSA) is 20.2 Å². The molecule has 1 atom stereocenters. The summed E-state index contributed by atoms with van der Waals surface area (Å²) in [6.07, 6.45) is -5.96. The van der Waals surface area contributed by atoms with Crippen molar-refractivity contribution < 1.29 is 18.3 Å². The van der Waals surface area contributed by atoms with E-state index in [4.69, 9.17) is 0 Å². The van der Waals surface area contributed by atoms with Gasteiger partial charge in [0.15, 0.2) is 0 Å². The second-order valence-electron chi connectivity index (χ2n) is 3.08. The Balaban J connectivity index is 2.85. The van der Waals surface area contributed by atoms with Gasteiger partial charge in [0, 0.05) is 5.92 Å². The summed E-state index contributed by atoms with van der Waals surface area (Å²) in [7, 11) is 0. The van der Waals surface area contributed by atoms with Crippen LogP contribution in [0.5, 0.6) is 0 Å². The van der Waals surface area contributed by atoms with Gasteiger partial charge in [-0.15, -0.1) is 0 Å². The van der Waals surface area contributed by atoms with Gasteiger partial charge >= 0.3 is 6.18 Å². The largest absolute Gasteiger partial charge is 0.457 e. The summed E-state index contributed by atoms with van der Waals surface area (Å²) in [5, 5.41) is 9.33. The van der Waals surface area contributed by atoms with Gasteiger partial charge in [-0.25, -0.2) is 0 Å². The summed E-state index contributed by atoms with van der Waals surface area (Å²) in [5.41, 5.74) is 1.23. The first-order chi connectivity index (χ1) is 6.88. The molecule has 80 valence electrons. The minimum Gasteiger partial charge on any atom is -0.376 e. The molecule has 0 fully saturated rings. The zero-order valence-corrected chi connectivity index (χ0v) is 7.97. The third-order valence-electron chi connectivity index (χ3n) is 1.71. The Bertz CT molecular complexity index is 398. The number of halogens is 3. The maximum atomic E-state index is 11.7. The molecular weight excluding hydrogens is 205 g/mol. The Morgan fingerprint density at radius 3 is 2.53 bits per heavy atom. The van der Waals surface area contributed by atoms with E-state index in [1.165, 1.54) is 6.07 Å². The van der Waals surface area contributed by atoms with Crippen molar-refractivity contribution >= 4 is 0 Å². The first-order valence-electron chi connectivity index (χ1n) is 4.22. The fourth-order valence-electron chi connectivity index (χ4n) is 1.07. The van der Waals surface area contributed by atoms with E-state index in [1.54, 1.807) is 31.0 Å². The second kappa shape index (κ2) is 4.37. The number of aryl methyl sites for hydroxylation is 1. The number of alkyl halides is 3. The van der Waals surface area contributed by atoms with E-state index in [0.29, 0.717) is 5.56 Å². The summed E-state index contributed by atoms with van der Waals surface area (Å²) in [4.78, 5) is 0. The van der Waals surface area contributed by atoms with Gasteiger partial charge in [0.25, 0.3) is 0 Å². The van der Waals surface area contributed by atoms with Gasteiger partial charge in [-0.3, -0.25) is 0 Å². The summed E-state index contributed by atoms with van der Waals surface area (Å²) in [6, 6.07) is 6.56. The Hall–Kier alpha value is -1.47. The summed E-state index contributed by atoms with van der Waals surface area (Å²) in [6.45, 7) is 1.79. The van der Waals surface area contributed by atoms with Crippen LogP contribution in [-0.2, 0) is 0 Å². The van der Waals surface area contributed by atoms with Crippen molar-refractivity contribution in [1.29, 1.82) is 0 Å². The van der Waals surface area contributed by atoms with Gasteiger partial charge in [0.05, 0.1) is 0 Å². The van der Waals surface area contributed by atoms with E-state index in [2.05, 4.69) is 0 Å². The van der Waals surface area contributed by atoms with Gasteiger partial charge in [0.2, 0.25) is 0 Å². The van der Waals surface area contributed by atoms with Gasteiger partial charge < -0.3 is 5.11 Å². The number of aliphatic hydroxyl groups excluding tert-OH is 1. The quantitative estimate of drug-likeness (QED) is 0.712. The van der Waals surface area contributed by atoms with E-state index in [0.717, 1.165) is 11.5 Å². The van der Waals surface area contributed by atoms with Crippen LogP contribution >= 0.6 is 0 Å². The van der Waals surface area contributed by atoms with Gasteiger partial charge in [-0.05, 0) is 12.5 Å². The van der Waals surface area contributed by atoms with E-state index in [-0.39, 0.29) is 0 Å². The minimum absolute atomic E-state index is 0.367. The van der Waals surface area contributed by atoms with Crippen molar-refractivity contribution in [3.63, 3.8) is 0 Å². The van der Waals surface area contributed by atoms with Crippen LogP contribution in [-0.4, -0.2) is 11.3 Å². The van der Waals surface area contributed by atoms with Crippen LogP contribution in [0.25, 0.3) is 0 Å². The highest BCUT2D eigenvalue weighted by Crippen LogP contribution is 2.16. The van der Waals surface area contributed by atoms with Gasteiger partial charge in [-0.2, -0.15) is 13.2 Å². The molecule has 1 nitrogen and oxygen atoms in total. The van der Waals surface area contributed by atoms with E-state index >= 15 is 0 Å². The Morgan fingerprint density at radius 2 is 2.00 bits per heavy atom. The molecule has 0 spiro atoms. The third kappa shape index (κ3) is 4.05. The standard InChI is InChI=1S/C11H9F3O/c1-8-3-2-4-9(7-8)10(15)5-6-11(12,13)14/h2-4,7,10,15H,1H3. The van der Waals surface area contributed by atoms with Gasteiger partial charge in [0.1, 0.15) is 6.10 Å². The van der Waals surface area contributed by atoms with Crippen LogP contribution in [0.1, 0.15) is 17.2 Å². The zero-order valence-electron chi connectivity index (χ0n) is 7.97. The first-order valence-corrected chi connectivity index (χ1v) is 4.22. The lowest BCUT2D eigenvalue weighted by Crippen LogP contribution is -2.03. The lowest BCUT2D eigenvalue weighted by Gasteiger charge is -2.04. The molecule has 1 aromatic carbocycles. The molecule has 0 aliphatic carbocycles. The Labute approximate surface area is 85.5 Å². The number of aliphatic hydroxyl groups is 1. The first kappa shape index (κ1) is 11.6. The van der Waals surface area contributed by atoms with E-state index in [1.807, 2.05) is 0 Å². The maximum absolute atomic E-state index is 11.7. The van der Waals surface area contributed by atoms with Crippen LogP contribution in [0.2, 0.25) is 0 Å². The lowest BCUT2D eigenvalue weighted by atomic mass is 10.1. The minimum atomic E-state index is -4.56. The molecule has 0 saturated heterocycles. The molecule has 0 aliphatic rings.